The van der Waals surface area contributed by atoms with E-state index in [4.69, 9.17) is 9.84 Å². The van der Waals surface area contributed by atoms with E-state index in [2.05, 4.69) is 21.2 Å². The number of aromatic carboxylic acids is 1. The number of carbonyl (C=O) groups is 1. The highest BCUT2D eigenvalue weighted by molar-refractivity contribution is 9.10. The van der Waals surface area contributed by atoms with E-state index in [1.165, 1.54) is 0 Å². The van der Waals surface area contributed by atoms with Gasteiger partial charge in [-0.1, -0.05) is 22.0 Å². The zero-order valence-corrected chi connectivity index (χ0v) is 12.5. The van der Waals surface area contributed by atoms with Crippen molar-refractivity contribution in [1.82, 2.24) is 0 Å². The predicted molar refractivity (Wildman–Crippen MR) is 81.4 cm³/mol. The van der Waals surface area contributed by atoms with Crippen molar-refractivity contribution in [3.05, 3.63) is 58.1 Å². The zero-order valence-electron chi connectivity index (χ0n) is 10.9. The summed E-state index contributed by atoms with van der Waals surface area (Å²) in [7, 11) is 1.63. The van der Waals surface area contributed by atoms with Crippen molar-refractivity contribution in [2.24, 2.45) is 0 Å². The quantitative estimate of drug-likeness (QED) is 0.873. The molecule has 104 valence electrons. The molecule has 2 N–H and O–H groups in total. The number of halogens is 1. The third-order valence-electron chi connectivity index (χ3n) is 2.87. The second kappa shape index (κ2) is 6.43. The lowest BCUT2D eigenvalue weighted by atomic mass is 10.1. The van der Waals surface area contributed by atoms with E-state index in [9.17, 15) is 4.79 Å². The van der Waals surface area contributed by atoms with Crippen LogP contribution in [0.4, 0.5) is 5.69 Å². The minimum absolute atomic E-state index is 0.269. The van der Waals surface area contributed by atoms with E-state index in [0.29, 0.717) is 6.54 Å². The molecule has 0 aromatic heterocycles. The number of carboxylic acid groups (broad SMARTS) is 1. The molecule has 5 heteroatoms. The molecule has 0 unspecified atom stereocenters. The predicted octanol–water partition coefficient (Wildman–Crippen LogP) is 3.77. The van der Waals surface area contributed by atoms with Crippen LogP contribution < -0.4 is 10.1 Å². The fourth-order valence-corrected chi connectivity index (χ4v) is 2.25. The molecule has 0 fully saturated rings. The topological polar surface area (TPSA) is 58.6 Å². The maximum atomic E-state index is 10.9. The Hall–Kier alpha value is -2.01. The Morgan fingerprint density at radius 2 is 1.95 bits per heavy atom. The Balaban J connectivity index is 2.04. The average molecular weight is 336 g/mol. The molecule has 0 atom stereocenters. The molecular weight excluding hydrogens is 322 g/mol. The summed E-state index contributed by atoms with van der Waals surface area (Å²) in [5, 5.41) is 12.2. The van der Waals surface area contributed by atoms with Crippen LogP contribution >= 0.6 is 15.9 Å². The first kappa shape index (κ1) is 14.4. The van der Waals surface area contributed by atoms with Gasteiger partial charge in [0.2, 0.25) is 0 Å². The van der Waals surface area contributed by atoms with Crippen LogP contribution in [-0.4, -0.2) is 18.2 Å². The highest BCUT2D eigenvalue weighted by Crippen LogP contribution is 2.21. The third kappa shape index (κ3) is 3.51. The fraction of sp³-hybridized carbons (Fsp3) is 0.133. The maximum Gasteiger partial charge on any atom is 0.335 e. The van der Waals surface area contributed by atoms with Crippen LogP contribution in [0.15, 0.2) is 46.9 Å². The molecule has 0 radical (unpaired) electrons. The van der Waals surface area contributed by atoms with E-state index < -0.39 is 5.97 Å². The summed E-state index contributed by atoms with van der Waals surface area (Å²) in [4.78, 5) is 10.9. The van der Waals surface area contributed by atoms with Crippen LogP contribution in [0.25, 0.3) is 0 Å². The van der Waals surface area contributed by atoms with Gasteiger partial charge in [0.15, 0.2) is 0 Å². The van der Waals surface area contributed by atoms with Crippen molar-refractivity contribution in [2.45, 2.75) is 6.54 Å². The molecule has 0 aliphatic rings. The van der Waals surface area contributed by atoms with Crippen LogP contribution in [0.3, 0.4) is 0 Å². The van der Waals surface area contributed by atoms with Gasteiger partial charge in [-0.15, -0.1) is 0 Å². The lowest BCUT2D eigenvalue weighted by molar-refractivity contribution is 0.0697. The van der Waals surface area contributed by atoms with E-state index in [0.717, 1.165) is 21.5 Å². The Morgan fingerprint density at radius 3 is 2.50 bits per heavy atom. The number of anilines is 1. The van der Waals surface area contributed by atoms with Gasteiger partial charge in [-0.25, -0.2) is 4.79 Å². The number of benzene rings is 2. The monoisotopic (exact) mass is 335 g/mol. The normalized spacial score (nSPS) is 10.1. The average Bonchev–Trinajstić information content (AvgIpc) is 2.46. The Bertz CT molecular complexity index is 611. The second-order valence-corrected chi connectivity index (χ2v) is 5.05. The standard InChI is InChI=1S/C15H14BrNO3/c1-20-13-6-4-12(5-7-13)17-9-11-3-2-10(15(18)19)8-14(11)16/h2-8,17H,9H2,1H3,(H,18,19). The minimum atomic E-state index is -0.930. The first-order valence-corrected chi connectivity index (χ1v) is 6.79. The van der Waals surface area contributed by atoms with Gasteiger partial charge >= 0.3 is 5.97 Å². The van der Waals surface area contributed by atoms with Crippen LogP contribution in [-0.2, 0) is 6.54 Å². The Morgan fingerprint density at radius 1 is 1.25 bits per heavy atom. The number of rotatable bonds is 5. The van der Waals surface area contributed by atoms with Crippen molar-refractivity contribution < 1.29 is 14.6 Å². The van der Waals surface area contributed by atoms with Gasteiger partial charge < -0.3 is 15.2 Å². The molecule has 0 bridgehead atoms. The third-order valence-corrected chi connectivity index (χ3v) is 3.61. The highest BCUT2D eigenvalue weighted by atomic mass is 79.9. The lowest BCUT2D eigenvalue weighted by Gasteiger charge is -2.09. The van der Waals surface area contributed by atoms with Crippen molar-refractivity contribution >= 4 is 27.6 Å². The van der Waals surface area contributed by atoms with E-state index >= 15 is 0 Å². The number of carboxylic acids is 1. The van der Waals surface area contributed by atoms with Crippen LogP contribution in [0.5, 0.6) is 5.75 Å². The summed E-state index contributed by atoms with van der Waals surface area (Å²) in [6.45, 7) is 0.604. The SMILES string of the molecule is COc1ccc(NCc2ccc(C(=O)O)cc2Br)cc1. The second-order valence-electron chi connectivity index (χ2n) is 4.19. The number of hydrogen-bond acceptors (Lipinski definition) is 3. The molecule has 0 saturated heterocycles. The summed E-state index contributed by atoms with van der Waals surface area (Å²) >= 11 is 3.39. The molecule has 0 amide bonds. The molecule has 0 saturated carbocycles. The summed E-state index contributed by atoms with van der Waals surface area (Å²) in [5.74, 6) is -0.122. The molecule has 0 aliphatic heterocycles. The number of nitrogens with one attached hydrogen (secondary N) is 1. The summed E-state index contributed by atoms with van der Waals surface area (Å²) in [6, 6.07) is 12.6. The molecule has 2 rings (SSSR count). The molecule has 2 aromatic rings. The largest absolute Gasteiger partial charge is 0.497 e. The van der Waals surface area contributed by atoms with Gasteiger partial charge in [-0.2, -0.15) is 0 Å². The van der Waals surface area contributed by atoms with Crippen molar-refractivity contribution in [2.75, 3.05) is 12.4 Å². The van der Waals surface area contributed by atoms with E-state index in [1.54, 1.807) is 25.3 Å². The first-order valence-electron chi connectivity index (χ1n) is 6.00. The fourth-order valence-electron chi connectivity index (χ4n) is 1.73. The van der Waals surface area contributed by atoms with Gasteiger partial charge in [0.1, 0.15) is 5.75 Å². The zero-order chi connectivity index (χ0) is 14.5. The molecule has 4 nitrogen and oxygen atoms in total. The van der Waals surface area contributed by atoms with E-state index in [-0.39, 0.29) is 5.56 Å². The van der Waals surface area contributed by atoms with Crippen molar-refractivity contribution in [3.63, 3.8) is 0 Å². The molecule has 0 aliphatic carbocycles. The Labute approximate surface area is 125 Å². The first-order chi connectivity index (χ1) is 9.60. The highest BCUT2D eigenvalue weighted by Gasteiger charge is 2.06. The summed E-state index contributed by atoms with van der Waals surface area (Å²) in [6.07, 6.45) is 0. The minimum Gasteiger partial charge on any atom is -0.497 e. The van der Waals surface area contributed by atoms with Gasteiger partial charge in [-0.3, -0.25) is 0 Å². The summed E-state index contributed by atoms with van der Waals surface area (Å²) < 4.78 is 5.87. The number of methoxy groups -OCH3 is 1. The van der Waals surface area contributed by atoms with Gasteiger partial charge in [0.25, 0.3) is 0 Å². The van der Waals surface area contributed by atoms with Crippen LogP contribution in [0.2, 0.25) is 0 Å². The lowest BCUT2D eigenvalue weighted by Crippen LogP contribution is -2.02. The molecule has 2 aromatic carbocycles. The van der Waals surface area contributed by atoms with Crippen LogP contribution in [0.1, 0.15) is 15.9 Å². The number of hydrogen-bond donors (Lipinski definition) is 2. The van der Waals surface area contributed by atoms with E-state index in [1.807, 2.05) is 24.3 Å². The molecule has 0 spiro atoms. The maximum absolute atomic E-state index is 10.9. The van der Waals surface area contributed by atoms with Gasteiger partial charge in [0.05, 0.1) is 12.7 Å². The van der Waals surface area contributed by atoms with Crippen molar-refractivity contribution in [1.29, 1.82) is 0 Å². The smallest absolute Gasteiger partial charge is 0.335 e. The van der Waals surface area contributed by atoms with Gasteiger partial charge in [-0.05, 0) is 42.0 Å². The van der Waals surface area contributed by atoms with Gasteiger partial charge in [0, 0.05) is 16.7 Å². The Kier molecular flexibility index (Phi) is 4.63. The van der Waals surface area contributed by atoms with Crippen LogP contribution in [0, 0.1) is 0 Å². The molecule has 0 heterocycles. The summed E-state index contributed by atoms with van der Waals surface area (Å²) in [5.41, 5.74) is 2.23. The van der Waals surface area contributed by atoms with Crippen molar-refractivity contribution in [3.8, 4) is 5.75 Å². The number of ether oxygens (including phenoxy) is 1. The molecular formula is C15H14BrNO3. The molecule has 20 heavy (non-hydrogen) atoms.